The topological polar surface area (TPSA) is 198 Å². The second kappa shape index (κ2) is 7.01. The standard InChI is InChI=1S/C12H25N3O7/c13-3-1-4(14)11(10(20)7(3)17)22-12-9(19)6(15)8(18)5(2-16)21-12/h3-12,16-20H,1-2,13-15H2/t3-,4+,5-,6+,7+,8-,9-,10-,11-,12-/m1/s1. The molecule has 1 aliphatic heterocycles. The predicted octanol–water partition coefficient (Wildman–Crippen LogP) is -5.08. The van der Waals surface area contributed by atoms with Crippen molar-refractivity contribution in [2.45, 2.75) is 67.5 Å². The first-order chi connectivity index (χ1) is 10.3. The average molecular weight is 323 g/mol. The van der Waals surface area contributed by atoms with Gasteiger partial charge in [0.2, 0.25) is 0 Å². The molecule has 0 spiro atoms. The van der Waals surface area contributed by atoms with Crippen LogP contribution in [0.2, 0.25) is 0 Å². The second-order valence-corrected chi connectivity index (χ2v) is 5.93. The van der Waals surface area contributed by atoms with Gasteiger partial charge >= 0.3 is 0 Å². The van der Waals surface area contributed by atoms with Crippen molar-refractivity contribution in [2.24, 2.45) is 17.2 Å². The average Bonchev–Trinajstić information content (AvgIpc) is 2.49. The molecule has 0 radical (unpaired) electrons. The number of rotatable bonds is 3. The van der Waals surface area contributed by atoms with E-state index in [1.807, 2.05) is 0 Å². The Morgan fingerprint density at radius 1 is 0.909 bits per heavy atom. The Kier molecular flexibility index (Phi) is 5.72. The summed E-state index contributed by atoms with van der Waals surface area (Å²) in [4.78, 5) is 0. The van der Waals surface area contributed by atoms with Gasteiger partial charge < -0.3 is 52.2 Å². The van der Waals surface area contributed by atoms with Crippen LogP contribution >= 0.6 is 0 Å². The van der Waals surface area contributed by atoms with Crippen LogP contribution in [0.5, 0.6) is 0 Å². The van der Waals surface area contributed by atoms with Crippen LogP contribution in [-0.2, 0) is 9.47 Å². The maximum Gasteiger partial charge on any atom is 0.186 e. The summed E-state index contributed by atoms with van der Waals surface area (Å²) >= 11 is 0. The van der Waals surface area contributed by atoms with Gasteiger partial charge in [-0.15, -0.1) is 0 Å². The van der Waals surface area contributed by atoms with Crippen LogP contribution in [0, 0.1) is 0 Å². The molecule has 1 saturated carbocycles. The Morgan fingerprint density at radius 2 is 1.55 bits per heavy atom. The van der Waals surface area contributed by atoms with Crippen molar-refractivity contribution in [3.63, 3.8) is 0 Å². The maximum atomic E-state index is 10.0. The number of hydrogen-bond acceptors (Lipinski definition) is 10. The first-order valence-electron chi connectivity index (χ1n) is 7.18. The molecular weight excluding hydrogens is 298 g/mol. The van der Waals surface area contributed by atoms with Crippen molar-refractivity contribution in [3.8, 4) is 0 Å². The second-order valence-electron chi connectivity index (χ2n) is 5.93. The van der Waals surface area contributed by atoms with Crippen LogP contribution in [0.25, 0.3) is 0 Å². The van der Waals surface area contributed by atoms with Gasteiger partial charge in [-0.25, -0.2) is 0 Å². The number of aliphatic hydroxyl groups is 5. The fraction of sp³-hybridized carbons (Fsp3) is 1.00. The minimum Gasteiger partial charge on any atom is -0.394 e. The lowest BCUT2D eigenvalue weighted by molar-refractivity contribution is -0.304. The first kappa shape index (κ1) is 17.9. The van der Waals surface area contributed by atoms with Crippen LogP contribution < -0.4 is 17.2 Å². The molecule has 10 atom stereocenters. The molecule has 130 valence electrons. The molecule has 11 N–H and O–H groups in total. The third-order valence-electron chi connectivity index (χ3n) is 4.32. The molecule has 10 heteroatoms. The molecule has 0 aromatic heterocycles. The van der Waals surface area contributed by atoms with E-state index in [1.165, 1.54) is 0 Å². The highest BCUT2D eigenvalue weighted by molar-refractivity contribution is 4.99. The van der Waals surface area contributed by atoms with E-state index in [0.717, 1.165) is 0 Å². The number of aliphatic hydroxyl groups excluding tert-OH is 5. The minimum atomic E-state index is -1.38. The fourth-order valence-electron chi connectivity index (χ4n) is 2.85. The highest BCUT2D eigenvalue weighted by Crippen LogP contribution is 2.27. The molecule has 2 rings (SSSR count). The maximum absolute atomic E-state index is 10.0. The summed E-state index contributed by atoms with van der Waals surface area (Å²) in [5.41, 5.74) is 17.2. The molecule has 0 amide bonds. The molecule has 0 aromatic carbocycles. The van der Waals surface area contributed by atoms with Gasteiger partial charge in [-0.05, 0) is 6.42 Å². The molecular formula is C12H25N3O7. The summed E-state index contributed by atoms with van der Waals surface area (Å²) in [6.07, 6.45) is -8.38. The lowest BCUT2D eigenvalue weighted by atomic mass is 9.84. The zero-order valence-corrected chi connectivity index (χ0v) is 12.0. The minimum absolute atomic E-state index is 0.212. The van der Waals surface area contributed by atoms with Crippen molar-refractivity contribution in [3.05, 3.63) is 0 Å². The van der Waals surface area contributed by atoms with E-state index < -0.39 is 67.6 Å². The molecule has 0 aromatic rings. The van der Waals surface area contributed by atoms with Gasteiger partial charge in [-0.1, -0.05) is 0 Å². The van der Waals surface area contributed by atoms with Gasteiger partial charge in [-0.3, -0.25) is 0 Å². The molecule has 1 saturated heterocycles. The summed E-state index contributed by atoms with van der Waals surface area (Å²) in [5.74, 6) is 0. The van der Waals surface area contributed by atoms with Gasteiger partial charge in [-0.2, -0.15) is 0 Å². The molecule has 2 fully saturated rings. The first-order valence-corrected chi connectivity index (χ1v) is 7.18. The Morgan fingerprint density at radius 3 is 2.14 bits per heavy atom. The van der Waals surface area contributed by atoms with Gasteiger partial charge in [0.15, 0.2) is 6.29 Å². The fourth-order valence-corrected chi connectivity index (χ4v) is 2.85. The van der Waals surface area contributed by atoms with Crippen molar-refractivity contribution >= 4 is 0 Å². The van der Waals surface area contributed by atoms with E-state index in [0.29, 0.717) is 0 Å². The highest BCUT2D eigenvalue weighted by Gasteiger charge is 2.48. The van der Waals surface area contributed by atoms with Crippen LogP contribution in [0.1, 0.15) is 6.42 Å². The van der Waals surface area contributed by atoms with Crippen molar-refractivity contribution in [2.75, 3.05) is 6.61 Å². The van der Waals surface area contributed by atoms with E-state index in [1.54, 1.807) is 0 Å². The zero-order valence-electron chi connectivity index (χ0n) is 12.0. The Hall–Kier alpha value is -0.400. The monoisotopic (exact) mass is 323 g/mol. The van der Waals surface area contributed by atoms with E-state index in [-0.39, 0.29) is 6.42 Å². The summed E-state index contributed by atoms with van der Waals surface area (Å²) in [6.45, 7) is -0.520. The van der Waals surface area contributed by atoms with E-state index in [2.05, 4.69) is 0 Å². The Balaban J connectivity index is 2.08. The molecule has 22 heavy (non-hydrogen) atoms. The highest BCUT2D eigenvalue weighted by atomic mass is 16.7. The van der Waals surface area contributed by atoms with Crippen LogP contribution in [0.15, 0.2) is 0 Å². The van der Waals surface area contributed by atoms with Crippen molar-refractivity contribution in [1.29, 1.82) is 0 Å². The predicted molar refractivity (Wildman–Crippen MR) is 73.2 cm³/mol. The van der Waals surface area contributed by atoms with Gasteiger partial charge in [0, 0.05) is 12.1 Å². The van der Waals surface area contributed by atoms with Crippen LogP contribution in [0.3, 0.4) is 0 Å². The molecule has 1 heterocycles. The lowest BCUT2D eigenvalue weighted by Crippen LogP contribution is -2.67. The molecule has 2 aliphatic rings. The lowest BCUT2D eigenvalue weighted by Gasteiger charge is -2.45. The van der Waals surface area contributed by atoms with Crippen molar-refractivity contribution in [1.82, 2.24) is 0 Å². The number of hydrogen-bond donors (Lipinski definition) is 8. The third kappa shape index (κ3) is 3.26. The largest absolute Gasteiger partial charge is 0.394 e. The summed E-state index contributed by atoms with van der Waals surface area (Å²) in [5, 5.41) is 48.8. The van der Waals surface area contributed by atoms with Gasteiger partial charge in [0.1, 0.15) is 30.5 Å². The zero-order chi connectivity index (χ0) is 16.6. The van der Waals surface area contributed by atoms with Gasteiger partial charge in [0.25, 0.3) is 0 Å². The van der Waals surface area contributed by atoms with Crippen LogP contribution in [0.4, 0.5) is 0 Å². The van der Waals surface area contributed by atoms with E-state index in [9.17, 15) is 20.4 Å². The quantitative estimate of drug-likeness (QED) is 0.248. The number of ether oxygens (including phenoxy) is 2. The Labute approximate surface area is 127 Å². The normalized spacial score (nSPS) is 53.5. The van der Waals surface area contributed by atoms with E-state index in [4.69, 9.17) is 31.8 Å². The number of nitrogens with two attached hydrogens (primary N) is 3. The summed E-state index contributed by atoms with van der Waals surface area (Å²) < 4.78 is 10.7. The summed E-state index contributed by atoms with van der Waals surface area (Å²) in [6, 6.07) is -2.46. The van der Waals surface area contributed by atoms with Crippen LogP contribution in [-0.4, -0.2) is 93.2 Å². The molecule has 10 nitrogen and oxygen atoms in total. The summed E-state index contributed by atoms with van der Waals surface area (Å²) in [7, 11) is 0. The Bertz CT molecular complexity index is 375. The van der Waals surface area contributed by atoms with Crippen molar-refractivity contribution < 1.29 is 35.0 Å². The smallest absolute Gasteiger partial charge is 0.186 e. The third-order valence-corrected chi connectivity index (χ3v) is 4.32. The molecule has 0 unspecified atom stereocenters. The van der Waals surface area contributed by atoms with Gasteiger partial charge in [0.05, 0.1) is 18.8 Å². The molecule has 1 aliphatic carbocycles. The SMILES string of the molecule is N[C@@H]1[C@@H](O)[C@@H](O[C@H]2[C@H](O)[C@@H](O)[C@H](N)C[C@@H]2N)O[C@H](CO)[C@H]1O. The molecule has 0 bridgehead atoms. The van der Waals surface area contributed by atoms with E-state index >= 15 is 0 Å².